The summed E-state index contributed by atoms with van der Waals surface area (Å²) in [5.74, 6) is -0.798. The maximum atomic E-state index is 14.0. The number of fused-ring (bicyclic) bond motifs is 1. The summed E-state index contributed by atoms with van der Waals surface area (Å²) in [6.07, 6.45) is -5.05. The van der Waals surface area contributed by atoms with Gasteiger partial charge >= 0.3 is 12.4 Å². The maximum Gasteiger partial charge on any atom is 0.420 e. The number of amides is 2. The van der Waals surface area contributed by atoms with E-state index in [1.54, 1.807) is 13.0 Å². The molecule has 0 bridgehead atoms. The molecule has 0 spiro atoms. The molecule has 244 valence electrons. The van der Waals surface area contributed by atoms with Gasteiger partial charge in [0.15, 0.2) is 5.60 Å². The molecule has 0 aliphatic carbocycles. The van der Waals surface area contributed by atoms with Crippen molar-refractivity contribution in [2.24, 2.45) is 10.7 Å². The molecule has 14 heteroatoms. The number of nitrogens with zero attached hydrogens (tertiary/aromatic N) is 2. The minimum Gasteiger partial charge on any atom is -0.459 e. The number of allylic oxidation sites excluding steroid dienone is 4. The number of nitrogens with two attached hydrogens (primary N) is 1. The van der Waals surface area contributed by atoms with Crippen LogP contribution in [0.1, 0.15) is 41.4 Å². The lowest BCUT2D eigenvalue weighted by Gasteiger charge is -2.39. The molecule has 1 fully saturated rings. The molecule has 1 aliphatic heterocycles. The molecular weight excluding hydrogens is 618 g/mol. The topological polar surface area (TPSA) is 121 Å². The normalized spacial score (nSPS) is 16.2. The molecular formula is C32H30F6N4O4. The summed E-state index contributed by atoms with van der Waals surface area (Å²) in [7, 11) is 0. The number of aliphatic imine (C=N–C) groups is 1. The van der Waals surface area contributed by atoms with E-state index in [0.29, 0.717) is 11.1 Å². The quantitative estimate of drug-likeness (QED) is 0.115. The lowest BCUT2D eigenvalue weighted by Crippen LogP contribution is -2.54. The van der Waals surface area contributed by atoms with E-state index >= 15 is 0 Å². The zero-order chi connectivity index (χ0) is 33.9. The van der Waals surface area contributed by atoms with Crippen LogP contribution in [0.4, 0.5) is 26.3 Å². The van der Waals surface area contributed by atoms with Crippen molar-refractivity contribution in [3.05, 3.63) is 95.0 Å². The molecule has 3 aromatic rings. The van der Waals surface area contributed by atoms with Crippen molar-refractivity contribution in [1.29, 1.82) is 0 Å². The van der Waals surface area contributed by atoms with Crippen LogP contribution in [0.5, 0.6) is 0 Å². The molecule has 4 N–H and O–H groups in total. The Morgan fingerprint density at radius 2 is 1.70 bits per heavy atom. The van der Waals surface area contributed by atoms with E-state index in [9.17, 15) is 41.0 Å². The van der Waals surface area contributed by atoms with E-state index in [4.69, 9.17) is 10.2 Å². The van der Waals surface area contributed by atoms with Crippen molar-refractivity contribution in [2.75, 3.05) is 13.1 Å². The Bertz CT molecular complexity index is 1710. The lowest BCUT2D eigenvalue weighted by molar-refractivity contribution is -0.271. The minimum atomic E-state index is -4.81. The number of furan rings is 1. The Labute approximate surface area is 259 Å². The molecule has 1 aromatic heterocycles. The summed E-state index contributed by atoms with van der Waals surface area (Å²) < 4.78 is 86.9. The maximum absolute atomic E-state index is 14.0. The molecule has 2 heterocycles. The molecule has 0 unspecified atom stereocenters. The largest absolute Gasteiger partial charge is 0.459 e. The number of likely N-dealkylation sites (tertiary alicyclic amines) is 1. The van der Waals surface area contributed by atoms with Gasteiger partial charge in [-0.05, 0) is 61.2 Å². The Morgan fingerprint density at radius 3 is 2.28 bits per heavy atom. The zero-order valence-corrected chi connectivity index (χ0v) is 24.5. The van der Waals surface area contributed by atoms with Crippen LogP contribution in [0.2, 0.25) is 0 Å². The van der Waals surface area contributed by atoms with E-state index in [-0.39, 0.29) is 47.7 Å². The van der Waals surface area contributed by atoms with Crippen LogP contribution in [0.15, 0.2) is 87.6 Å². The van der Waals surface area contributed by atoms with Gasteiger partial charge < -0.3 is 25.5 Å². The first-order valence-corrected chi connectivity index (χ1v) is 13.9. The fourth-order valence-electron chi connectivity index (χ4n) is 4.79. The molecule has 0 atom stereocenters. The van der Waals surface area contributed by atoms with Gasteiger partial charge in [0.2, 0.25) is 5.91 Å². The van der Waals surface area contributed by atoms with Gasteiger partial charge in [-0.1, -0.05) is 29.9 Å². The molecule has 46 heavy (non-hydrogen) atoms. The fraction of sp³-hybridized carbons (Fsp3) is 0.281. The molecule has 0 saturated carbocycles. The molecule has 4 rings (SSSR count). The highest BCUT2D eigenvalue weighted by atomic mass is 19.4. The van der Waals surface area contributed by atoms with Crippen LogP contribution < -0.4 is 11.1 Å². The molecule has 0 radical (unpaired) electrons. The second-order valence-electron chi connectivity index (χ2n) is 10.8. The first-order valence-electron chi connectivity index (χ1n) is 13.9. The van der Waals surface area contributed by atoms with E-state index in [2.05, 4.69) is 17.0 Å². The van der Waals surface area contributed by atoms with Crippen LogP contribution in [-0.2, 0) is 17.5 Å². The second-order valence-corrected chi connectivity index (χ2v) is 10.8. The Kier molecular flexibility index (Phi) is 9.80. The number of piperidine rings is 1. The number of halogens is 6. The molecule has 2 amide bonds. The van der Waals surface area contributed by atoms with Gasteiger partial charge in [-0.15, -0.1) is 0 Å². The summed E-state index contributed by atoms with van der Waals surface area (Å²) in [6.45, 7) is 4.20. The van der Waals surface area contributed by atoms with Crippen LogP contribution in [0.25, 0.3) is 22.1 Å². The summed E-state index contributed by atoms with van der Waals surface area (Å²) in [6, 6.07) is 9.40. The fourth-order valence-corrected chi connectivity index (χ4v) is 4.79. The first-order chi connectivity index (χ1) is 21.5. The van der Waals surface area contributed by atoms with Crippen LogP contribution >= 0.6 is 0 Å². The third-order valence-electron chi connectivity index (χ3n) is 7.48. The highest BCUT2D eigenvalue weighted by Gasteiger charge is 2.55. The van der Waals surface area contributed by atoms with Crippen molar-refractivity contribution < 1.29 is 45.5 Å². The number of alkyl halides is 6. The van der Waals surface area contributed by atoms with E-state index in [0.717, 1.165) is 6.07 Å². The van der Waals surface area contributed by atoms with Gasteiger partial charge in [-0.25, -0.2) is 4.99 Å². The van der Waals surface area contributed by atoms with Gasteiger partial charge in [-0.2, -0.15) is 26.3 Å². The third-order valence-corrected chi connectivity index (χ3v) is 7.48. The predicted molar refractivity (Wildman–Crippen MR) is 159 cm³/mol. The second kappa shape index (κ2) is 13.3. The molecule has 2 aromatic carbocycles. The lowest BCUT2D eigenvalue weighted by atomic mass is 9.90. The Hall–Kier alpha value is -4.85. The Morgan fingerprint density at radius 1 is 1.04 bits per heavy atom. The summed E-state index contributed by atoms with van der Waals surface area (Å²) in [4.78, 5) is 29.8. The van der Waals surface area contributed by atoms with Crippen molar-refractivity contribution in [3.63, 3.8) is 0 Å². The highest BCUT2D eigenvalue weighted by molar-refractivity contribution is 5.95. The average Bonchev–Trinajstić information content (AvgIpc) is 3.43. The van der Waals surface area contributed by atoms with Gasteiger partial charge in [0.25, 0.3) is 5.91 Å². The van der Waals surface area contributed by atoms with Gasteiger partial charge in [0.1, 0.15) is 17.2 Å². The molecule has 8 nitrogen and oxygen atoms in total. The van der Waals surface area contributed by atoms with Gasteiger partial charge in [0, 0.05) is 43.0 Å². The number of carbonyl (C=O) groups excluding carboxylic acids is 2. The third kappa shape index (κ3) is 7.86. The summed E-state index contributed by atoms with van der Waals surface area (Å²) >= 11 is 0. The first kappa shape index (κ1) is 34.0. The number of rotatable bonds is 8. The van der Waals surface area contributed by atoms with Crippen molar-refractivity contribution in [3.8, 4) is 11.1 Å². The van der Waals surface area contributed by atoms with Crippen molar-refractivity contribution in [2.45, 2.75) is 44.3 Å². The van der Waals surface area contributed by atoms with Crippen molar-refractivity contribution >= 4 is 29.5 Å². The average molecular weight is 649 g/mol. The van der Waals surface area contributed by atoms with Crippen LogP contribution in [0.3, 0.4) is 0 Å². The molecule has 1 aliphatic rings. The SMILES string of the molecule is C=N\C(N)=C/C=C(C)/C=C/C(=O)NCc1cc2cc(-c3ccc(C(=O)N4CCC(O)(C(F)(F)F)CC4)cc3)cc(C(F)(F)F)c2o1. The smallest absolute Gasteiger partial charge is 0.420 e. The van der Waals surface area contributed by atoms with E-state index < -0.39 is 53.8 Å². The van der Waals surface area contributed by atoms with Gasteiger partial charge in [-0.3, -0.25) is 9.59 Å². The number of carbonyl (C=O) groups is 2. The van der Waals surface area contributed by atoms with E-state index in [1.807, 2.05) is 0 Å². The number of benzene rings is 2. The summed E-state index contributed by atoms with van der Waals surface area (Å²) in [5, 5.41) is 12.5. The van der Waals surface area contributed by atoms with Gasteiger partial charge in [0.05, 0.1) is 12.1 Å². The Balaban J connectivity index is 1.50. The number of hydrogen-bond acceptors (Lipinski definition) is 6. The van der Waals surface area contributed by atoms with E-state index in [1.165, 1.54) is 59.5 Å². The highest BCUT2D eigenvalue weighted by Crippen LogP contribution is 2.40. The zero-order valence-electron chi connectivity index (χ0n) is 24.5. The predicted octanol–water partition coefficient (Wildman–Crippen LogP) is 6.27. The monoisotopic (exact) mass is 648 g/mol. The summed E-state index contributed by atoms with van der Waals surface area (Å²) in [5.41, 5.74) is 2.54. The van der Waals surface area contributed by atoms with Crippen molar-refractivity contribution in [1.82, 2.24) is 10.2 Å². The minimum absolute atomic E-state index is 0.0827. The van der Waals surface area contributed by atoms with Crippen LogP contribution in [0, 0.1) is 0 Å². The van der Waals surface area contributed by atoms with Crippen LogP contribution in [-0.4, -0.2) is 53.4 Å². The number of aliphatic hydroxyl groups is 1. The number of hydrogen-bond donors (Lipinski definition) is 3. The number of nitrogens with one attached hydrogen (secondary N) is 1. The molecule has 1 saturated heterocycles. The standard InChI is InChI=1S/C32H30F6N4O4/c1-19(3-9-26(39)40-2)4-10-27(43)41-18-24-16-23-15-22(17-25(28(23)46-24)31(33,34)35)20-5-7-21(8-6-20)29(44)42-13-11-30(45,12-14-42)32(36,37)38/h3-10,15-17,45H,2,11-14,18,39H2,1H3,(H,41,43)/b10-4+,19-3+,26-9-.